The standard InChI is InChI=1S/C28H20N4O4S/c1-16-11-13-18(14-12-16)15-31-21-9-5-3-7-19(21)23(26(31)34)24-27(35)32-28(37-24)29-25(30-32)20-8-4-6-10-22(20)36-17(2)33/h3-14H,15H2,1-2H3/b24-23-. The Morgan fingerprint density at radius 2 is 1.65 bits per heavy atom. The number of thiazole rings is 1. The molecule has 0 atom stereocenters. The summed E-state index contributed by atoms with van der Waals surface area (Å²) in [5, 5.41) is 4.39. The van der Waals surface area contributed by atoms with Crippen molar-refractivity contribution in [2.45, 2.75) is 20.4 Å². The number of benzene rings is 3. The lowest BCUT2D eigenvalue weighted by Crippen LogP contribution is -2.32. The normalized spacial score (nSPS) is 14.3. The third kappa shape index (κ3) is 3.89. The minimum absolute atomic E-state index is 0.233. The van der Waals surface area contributed by atoms with Crippen LogP contribution in [-0.4, -0.2) is 26.5 Å². The van der Waals surface area contributed by atoms with E-state index in [1.165, 1.54) is 11.4 Å². The van der Waals surface area contributed by atoms with Crippen LogP contribution in [-0.2, 0) is 16.1 Å². The summed E-state index contributed by atoms with van der Waals surface area (Å²) in [5.74, 6) is -0.132. The molecule has 0 spiro atoms. The highest BCUT2D eigenvalue weighted by atomic mass is 32.1. The van der Waals surface area contributed by atoms with Gasteiger partial charge < -0.3 is 9.64 Å². The second kappa shape index (κ2) is 8.79. The number of ether oxygens (including phenoxy) is 1. The van der Waals surface area contributed by atoms with Crippen molar-refractivity contribution < 1.29 is 14.3 Å². The minimum Gasteiger partial charge on any atom is -0.426 e. The molecule has 2 aromatic heterocycles. The van der Waals surface area contributed by atoms with Crippen molar-refractivity contribution in [3.8, 4) is 17.1 Å². The molecule has 1 amide bonds. The first-order valence-electron chi connectivity index (χ1n) is 11.6. The zero-order valence-electron chi connectivity index (χ0n) is 20.0. The molecule has 8 nitrogen and oxygen atoms in total. The molecule has 3 aromatic carbocycles. The van der Waals surface area contributed by atoms with Gasteiger partial charge in [-0.1, -0.05) is 71.5 Å². The highest BCUT2D eigenvalue weighted by molar-refractivity contribution is 7.15. The Kier molecular flexibility index (Phi) is 5.42. The number of hydrogen-bond acceptors (Lipinski definition) is 7. The Labute approximate surface area is 215 Å². The van der Waals surface area contributed by atoms with Gasteiger partial charge in [-0.25, -0.2) is 0 Å². The van der Waals surface area contributed by atoms with Crippen LogP contribution in [0.1, 0.15) is 23.6 Å². The Morgan fingerprint density at radius 3 is 2.38 bits per heavy atom. The Balaban J connectivity index is 1.47. The maximum Gasteiger partial charge on any atom is 0.308 e. The van der Waals surface area contributed by atoms with Gasteiger partial charge in [0.1, 0.15) is 10.3 Å². The van der Waals surface area contributed by atoms with Crippen LogP contribution in [0.25, 0.3) is 21.9 Å². The maximum atomic E-state index is 13.7. The van der Waals surface area contributed by atoms with Crippen molar-refractivity contribution in [1.29, 1.82) is 0 Å². The van der Waals surface area contributed by atoms with Crippen LogP contribution >= 0.6 is 11.3 Å². The van der Waals surface area contributed by atoms with Gasteiger partial charge in [-0.05, 0) is 30.7 Å². The van der Waals surface area contributed by atoms with Crippen LogP contribution in [0.3, 0.4) is 0 Å². The molecule has 0 aliphatic carbocycles. The van der Waals surface area contributed by atoms with E-state index in [1.807, 2.05) is 55.5 Å². The Hall–Kier alpha value is -4.63. The first-order chi connectivity index (χ1) is 17.9. The van der Waals surface area contributed by atoms with Crippen molar-refractivity contribution in [2.24, 2.45) is 0 Å². The number of hydrogen-bond donors (Lipinski definition) is 0. The van der Waals surface area contributed by atoms with Gasteiger partial charge in [0.05, 0.1) is 23.4 Å². The van der Waals surface area contributed by atoms with Crippen molar-refractivity contribution in [1.82, 2.24) is 14.6 Å². The van der Waals surface area contributed by atoms with Gasteiger partial charge in [-0.2, -0.15) is 9.50 Å². The van der Waals surface area contributed by atoms with Crippen molar-refractivity contribution in [2.75, 3.05) is 4.90 Å². The third-order valence-corrected chi connectivity index (χ3v) is 7.18. The summed E-state index contributed by atoms with van der Waals surface area (Å²) in [4.78, 5) is 45.2. The van der Waals surface area contributed by atoms with E-state index in [0.717, 1.165) is 28.2 Å². The predicted octanol–water partition coefficient (Wildman–Crippen LogP) is 3.52. The molecule has 5 aromatic rings. The highest BCUT2D eigenvalue weighted by Crippen LogP contribution is 2.36. The van der Waals surface area contributed by atoms with E-state index >= 15 is 0 Å². The van der Waals surface area contributed by atoms with E-state index in [4.69, 9.17) is 4.74 Å². The predicted molar refractivity (Wildman–Crippen MR) is 140 cm³/mol. The quantitative estimate of drug-likeness (QED) is 0.272. The highest BCUT2D eigenvalue weighted by Gasteiger charge is 2.34. The number of aryl methyl sites for hydroxylation is 1. The molecular formula is C28H20N4O4S. The SMILES string of the molecule is CC(=O)Oc1ccccc1-c1nc2s/c(=C3\C(=O)N(Cc4ccc(C)cc4)c4ccccc43)c(=O)n2n1. The van der Waals surface area contributed by atoms with Gasteiger partial charge in [-0.15, -0.1) is 5.10 Å². The largest absolute Gasteiger partial charge is 0.426 e. The maximum absolute atomic E-state index is 13.7. The molecule has 0 unspecified atom stereocenters. The zero-order valence-corrected chi connectivity index (χ0v) is 20.8. The first kappa shape index (κ1) is 22.8. The second-order valence-corrected chi connectivity index (χ2v) is 9.70. The second-order valence-electron chi connectivity index (χ2n) is 8.72. The van der Waals surface area contributed by atoms with Crippen molar-refractivity contribution in [3.63, 3.8) is 0 Å². The minimum atomic E-state index is -0.467. The molecule has 0 bridgehead atoms. The molecule has 6 rings (SSSR count). The number of para-hydroxylation sites is 2. The summed E-state index contributed by atoms with van der Waals surface area (Å²) in [7, 11) is 0. The third-order valence-electron chi connectivity index (χ3n) is 6.15. The molecule has 0 N–H and O–H groups in total. The summed E-state index contributed by atoms with van der Waals surface area (Å²) in [6.07, 6.45) is 0. The topological polar surface area (TPSA) is 93.9 Å². The number of nitrogens with zero attached hydrogens (tertiary/aromatic N) is 4. The number of rotatable bonds is 4. The Bertz CT molecular complexity index is 1820. The van der Waals surface area contributed by atoms with Gasteiger partial charge in [0.25, 0.3) is 11.5 Å². The van der Waals surface area contributed by atoms with Crippen LogP contribution in [0.2, 0.25) is 0 Å². The number of amides is 1. The molecule has 182 valence electrons. The van der Waals surface area contributed by atoms with E-state index in [1.54, 1.807) is 29.2 Å². The number of carbonyl (C=O) groups is 2. The zero-order chi connectivity index (χ0) is 25.7. The number of carbonyl (C=O) groups excluding carboxylic acids is 2. The summed E-state index contributed by atoms with van der Waals surface area (Å²) < 4.78 is 6.76. The smallest absolute Gasteiger partial charge is 0.308 e. The molecule has 1 aliphatic rings. The fourth-order valence-corrected chi connectivity index (χ4v) is 5.42. The fourth-order valence-electron chi connectivity index (χ4n) is 4.43. The average Bonchev–Trinajstić information content (AvgIpc) is 3.51. The van der Waals surface area contributed by atoms with E-state index in [2.05, 4.69) is 10.1 Å². The molecule has 0 fully saturated rings. The monoisotopic (exact) mass is 508 g/mol. The lowest BCUT2D eigenvalue weighted by atomic mass is 10.1. The summed E-state index contributed by atoms with van der Waals surface area (Å²) >= 11 is 1.12. The van der Waals surface area contributed by atoms with Crippen LogP contribution in [0, 0.1) is 6.92 Å². The fraction of sp³-hybridized carbons (Fsp3) is 0.107. The summed E-state index contributed by atoms with van der Waals surface area (Å²) in [6.45, 7) is 3.72. The molecular weight excluding hydrogens is 488 g/mol. The van der Waals surface area contributed by atoms with E-state index in [9.17, 15) is 14.4 Å². The van der Waals surface area contributed by atoms with E-state index < -0.39 is 11.5 Å². The summed E-state index contributed by atoms with van der Waals surface area (Å²) in [5.41, 5.74) is 4.04. The van der Waals surface area contributed by atoms with E-state index in [-0.39, 0.29) is 11.7 Å². The first-order valence-corrected chi connectivity index (χ1v) is 12.4. The molecule has 0 saturated heterocycles. The van der Waals surface area contributed by atoms with Crippen LogP contribution in [0.15, 0.2) is 77.6 Å². The number of anilines is 1. The van der Waals surface area contributed by atoms with Gasteiger partial charge in [-0.3, -0.25) is 14.4 Å². The van der Waals surface area contributed by atoms with Crippen molar-refractivity contribution in [3.05, 3.63) is 104 Å². The van der Waals surface area contributed by atoms with E-state index in [0.29, 0.717) is 38.5 Å². The lowest BCUT2D eigenvalue weighted by Gasteiger charge is -2.17. The molecule has 1 aliphatic heterocycles. The molecule has 0 radical (unpaired) electrons. The molecule has 37 heavy (non-hydrogen) atoms. The van der Waals surface area contributed by atoms with Crippen LogP contribution < -0.4 is 19.7 Å². The summed E-state index contributed by atoms with van der Waals surface area (Å²) in [6, 6.07) is 22.4. The van der Waals surface area contributed by atoms with Gasteiger partial charge in [0.2, 0.25) is 4.96 Å². The average molecular weight is 509 g/mol. The van der Waals surface area contributed by atoms with Crippen molar-refractivity contribution >= 4 is 39.4 Å². The molecule has 0 saturated carbocycles. The number of aromatic nitrogens is 3. The number of fused-ring (bicyclic) bond motifs is 2. The Morgan fingerprint density at radius 1 is 0.946 bits per heavy atom. The van der Waals surface area contributed by atoms with Crippen LogP contribution in [0.4, 0.5) is 5.69 Å². The van der Waals surface area contributed by atoms with Gasteiger partial charge in [0.15, 0.2) is 5.82 Å². The molecule has 9 heteroatoms. The van der Waals surface area contributed by atoms with Crippen LogP contribution in [0.5, 0.6) is 5.75 Å². The molecule has 3 heterocycles. The van der Waals surface area contributed by atoms with Gasteiger partial charge >= 0.3 is 5.97 Å². The lowest BCUT2D eigenvalue weighted by molar-refractivity contribution is -0.131. The number of esters is 1. The van der Waals surface area contributed by atoms with Gasteiger partial charge in [0, 0.05) is 12.5 Å².